The molecule has 78 valence electrons. The third kappa shape index (κ3) is 2.70. The molecule has 0 aliphatic carbocycles. The lowest BCUT2D eigenvalue weighted by atomic mass is 9.97. The Morgan fingerprint density at radius 1 is 1.13 bits per heavy atom. The van der Waals surface area contributed by atoms with E-state index in [2.05, 4.69) is 32.0 Å². The number of benzene rings is 1. The molecule has 0 bridgehead atoms. The summed E-state index contributed by atoms with van der Waals surface area (Å²) in [4.78, 5) is 0. The van der Waals surface area contributed by atoms with Gasteiger partial charge in [-0.1, -0.05) is 43.7 Å². The van der Waals surface area contributed by atoms with Gasteiger partial charge in [-0.3, -0.25) is 0 Å². The van der Waals surface area contributed by atoms with Gasteiger partial charge in [0, 0.05) is 0 Å². The van der Waals surface area contributed by atoms with E-state index >= 15 is 0 Å². The van der Waals surface area contributed by atoms with Crippen molar-refractivity contribution in [2.45, 2.75) is 33.6 Å². The smallest absolute Gasteiger partial charge is 0.0997 e. The normalized spacial score (nSPS) is 9.87. The predicted octanol–water partition coefficient (Wildman–Crippen LogP) is 4.13. The molecule has 0 heterocycles. The van der Waals surface area contributed by atoms with Crippen molar-refractivity contribution in [3.05, 3.63) is 41.0 Å². The number of hydrogen-bond acceptors (Lipinski definition) is 1. The Morgan fingerprint density at radius 2 is 1.67 bits per heavy atom. The topological polar surface area (TPSA) is 23.8 Å². The maximum absolute atomic E-state index is 9.02. The summed E-state index contributed by atoms with van der Waals surface area (Å²) >= 11 is 0. The predicted molar refractivity (Wildman–Crippen MR) is 64.4 cm³/mol. The number of rotatable bonds is 2. The van der Waals surface area contributed by atoms with Crippen LogP contribution in [0.15, 0.2) is 29.8 Å². The Bertz CT molecular complexity index is 398. The first kappa shape index (κ1) is 11.5. The van der Waals surface area contributed by atoms with Crippen molar-refractivity contribution in [1.82, 2.24) is 0 Å². The zero-order valence-corrected chi connectivity index (χ0v) is 9.83. The van der Waals surface area contributed by atoms with Gasteiger partial charge in [0.1, 0.15) is 0 Å². The fraction of sp³-hybridized carbons (Fsp3) is 0.357. The van der Waals surface area contributed by atoms with Gasteiger partial charge in [0.2, 0.25) is 0 Å². The third-order valence-electron chi connectivity index (χ3n) is 2.48. The molecule has 1 aromatic rings. The zero-order valence-electron chi connectivity index (χ0n) is 9.83. The first-order valence-electron chi connectivity index (χ1n) is 5.24. The van der Waals surface area contributed by atoms with Crippen LogP contribution < -0.4 is 0 Å². The van der Waals surface area contributed by atoms with Gasteiger partial charge < -0.3 is 0 Å². The summed E-state index contributed by atoms with van der Waals surface area (Å²) in [7, 11) is 0. The fourth-order valence-electron chi connectivity index (χ4n) is 1.50. The van der Waals surface area contributed by atoms with Gasteiger partial charge in [-0.15, -0.1) is 0 Å². The van der Waals surface area contributed by atoms with E-state index in [-0.39, 0.29) is 0 Å². The summed E-state index contributed by atoms with van der Waals surface area (Å²) in [5.74, 6) is 0.538. The average Bonchev–Trinajstić information content (AvgIpc) is 2.19. The minimum atomic E-state index is 0.538. The lowest BCUT2D eigenvalue weighted by Gasteiger charge is -2.07. The summed E-state index contributed by atoms with van der Waals surface area (Å²) in [6, 6.07) is 10.5. The highest BCUT2D eigenvalue weighted by Crippen LogP contribution is 2.21. The molecule has 0 aliphatic rings. The molecule has 0 spiro atoms. The summed E-state index contributed by atoms with van der Waals surface area (Å²) in [5, 5.41) is 9.02. The van der Waals surface area contributed by atoms with Crippen molar-refractivity contribution in [3.63, 3.8) is 0 Å². The Labute approximate surface area is 92.1 Å². The minimum Gasteiger partial charge on any atom is -0.192 e. The Balaban J connectivity index is 3.10. The largest absolute Gasteiger partial charge is 0.192 e. The lowest BCUT2D eigenvalue weighted by molar-refractivity contribution is 0.866. The molecule has 15 heavy (non-hydrogen) atoms. The van der Waals surface area contributed by atoms with Gasteiger partial charge in [-0.25, -0.2) is 0 Å². The van der Waals surface area contributed by atoms with Crippen LogP contribution in [0.1, 0.15) is 44.7 Å². The second-order valence-electron chi connectivity index (χ2n) is 4.26. The summed E-state index contributed by atoms with van der Waals surface area (Å²) in [5.41, 5.74) is 4.17. The zero-order chi connectivity index (χ0) is 11.4. The van der Waals surface area contributed by atoms with Crippen LogP contribution in [0.5, 0.6) is 0 Å². The second-order valence-corrected chi connectivity index (χ2v) is 4.26. The molecule has 1 rings (SSSR count). The maximum Gasteiger partial charge on any atom is 0.0997 e. The Hall–Kier alpha value is -1.55. The van der Waals surface area contributed by atoms with Crippen LogP contribution in [0, 0.1) is 11.3 Å². The second kappa shape index (κ2) is 4.79. The summed E-state index contributed by atoms with van der Waals surface area (Å²) in [6.07, 6.45) is 0. The SMILES string of the molecule is CC(C)=C(C#N)c1ccc(C(C)C)cc1. The van der Waals surface area contributed by atoms with Gasteiger partial charge in [0.15, 0.2) is 0 Å². The molecular formula is C14H17N. The van der Waals surface area contributed by atoms with E-state index in [1.54, 1.807) is 0 Å². The van der Waals surface area contributed by atoms with Gasteiger partial charge >= 0.3 is 0 Å². The Morgan fingerprint density at radius 3 is 2.00 bits per heavy atom. The first-order chi connectivity index (χ1) is 7.06. The number of hydrogen-bond donors (Lipinski definition) is 0. The van der Waals surface area contributed by atoms with Crippen LogP contribution in [-0.2, 0) is 0 Å². The van der Waals surface area contributed by atoms with Crippen LogP contribution in [0.2, 0.25) is 0 Å². The van der Waals surface area contributed by atoms with Crippen molar-refractivity contribution in [2.24, 2.45) is 0 Å². The Kier molecular flexibility index (Phi) is 3.68. The molecule has 1 aromatic carbocycles. The fourth-order valence-corrected chi connectivity index (χ4v) is 1.50. The van der Waals surface area contributed by atoms with Gasteiger partial charge in [0.25, 0.3) is 0 Å². The van der Waals surface area contributed by atoms with Gasteiger partial charge in [-0.2, -0.15) is 5.26 Å². The molecule has 0 aromatic heterocycles. The summed E-state index contributed by atoms with van der Waals surface area (Å²) in [6.45, 7) is 8.27. The lowest BCUT2D eigenvalue weighted by Crippen LogP contribution is -1.89. The molecule has 0 radical (unpaired) electrons. The molecule has 0 saturated carbocycles. The molecule has 0 aliphatic heterocycles. The van der Waals surface area contributed by atoms with E-state index in [9.17, 15) is 0 Å². The molecule has 1 heteroatoms. The standard InChI is InChI=1S/C14H17N/c1-10(2)12-5-7-13(8-6-12)14(9-15)11(3)4/h5-8,10H,1-4H3. The molecule has 1 nitrogen and oxygen atoms in total. The summed E-state index contributed by atoms with van der Waals surface area (Å²) < 4.78 is 0. The third-order valence-corrected chi connectivity index (χ3v) is 2.48. The van der Waals surface area contributed by atoms with E-state index in [0.29, 0.717) is 5.92 Å². The molecule has 0 unspecified atom stereocenters. The van der Waals surface area contributed by atoms with E-state index in [4.69, 9.17) is 5.26 Å². The van der Waals surface area contributed by atoms with E-state index < -0.39 is 0 Å². The maximum atomic E-state index is 9.02. The number of nitrogens with zero attached hydrogens (tertiary/aromatic N) is 1. The van der Waals surface area contributed by atoms with Crippen molar-refractivity contribution in [3.8, 4) is 6.07 Å². The van der Waals surface area contributed by atoms with Crippen LogP contribution in [0.3, 0.4) is 0 Å². The van der Waals surface area contributed by atoms with Crippen LogP contribution >= 0.6 is 0 Å². The number of nitriles is 1. The molecular weight excluding hydrogens is 182 g/mol. The van der Waals surface area contributed by atoms with Crippen LogP contribution in [-0.4, -0.2) is 0 Å². The van der Waals surface area contributed by atoms with Crippen molar-refractivity contribution in [2.75, 3.05) is 0 Å². The molecule has 0 N–H and O–H groups in total. The van der Waals surface area contributed by atoms with Crippen molar-refractivity contribution in [1.29, 1.82) is 5.26 Å². The molecule has 0 atom stereocenters. The van der Waals surface area contributed by atoms with E-state index in [0.717, 1.165) is 16.7 Å². The molecule has 0 amide bonds. The first-order valence-corrected chi connectivity index (χ1v) is 5.24. The highest BCUT2D eigenvalue weighted by Gasteiger charge is 2.03. The quantitative estimate of drug-likeness (QED) is 0.657. The van der Waals surface area contributed by atoms with Gasteiger partial charge in [-0.05, 0) is 30.9 Å². The van der Waals surface area contributed by atoms with Crippen molar-refractivity contribution >= 4 is 5.57 Å². The number of allylic oxidation sites excluding steroid dienone is 2. The monoisotopic (exact) mass is 199 g/mol. The highest BCUT2D eigenvalue weighted by molar-refractivity contribution is 5.78. The van der Waals surface area contributed by atoms with Crippen LogP contribution in [0.4, 0.5) is 0 Å². The minimum absolute atomic E-state index is 0.538. The average molecular weight is 199 g/mol. The van der Waals surface area contributed by atoms with Crippen LogP contribution in [0.25, 0.3) is 5.57 Å². The van der Waals surface area contributed by atoms with E-state index in [1.807, 2.05) is 26.0 Å². The molecule has 0 saturated heterocycles. The highest BCUT2D eigenvalue weighted by atomic mass is 14.3. The molecule has 0 fully saturated rings. The van der Waals surface area contributed by atoms with Crippen molar-refractivity contribution < 1.29 is 0 Å². The van der Waals surface area contributed by atoms with E-state index in [1.165, 1.54) is 5.56 Å². The van der Waals surface area contributed by atoms with Gasteiger partial charge in [0.05, 0.1) is 11.6 Å².